The minimum Gasteiger partial charge on any atom is -0.494 e. The van der Waals surface area contributed by atoms with Crippen LogP contribution in [0.4, 0.5) is 14.5 Å². The largest absolute Gasteiger partial charge is 0.494 e. The molecule has 0 aliphatic rings. The fraction of sp³-hybridized carbons (Fsp3) is 0.200. The van der Waals surface area contributed by atoms with Gasteiger partial charge >= 0.3 is 0 Å². The molecule has 5 heteroatoms. The second kappa shape index (κ2) is 6.22. The molecular weight excluding hydrogens is 328 g/mol. The van der Waals surface area contributed by atoms with Crippen molar-refractivity contribution in [3.05, 3.63) is 58.1 Å². The normalized spacial score (nSPS) is 12.1. The van der Waals surface area contributed by atoms with Gasteiger partial charge in [-0.05, 0) is 52.7 Å². The van der Waals surface area contributed by atoms with Gasteiger partial charge in [0.2, 0.25) is 0 Å². The van der Waals surface area contributed by atoms with Crippen molar-refractivity contribution in [2.24, 2.45) is 0 Å². The number of para-hydroxylation sites is 1. The van der Waals surface area contributed by atoms with Crippen molar-refractivity contribution in [1.29, 1.82) is 0 Å². The lowest BCUT2D eigenvalue weighted by Crippen LogP contribution is -2.09. The second-order valence-electron chi connectivity index (χ2n) is 4.36. The number of benzene rings is 2. The summed E-state index contributed by atoms with van der Waals surface area (Å²) in [6, 6.07) is 9.16. The van der Waals surface area contributed by atoms with Crippen LogP contribution in [0.5, 0.6) is 5.75 Å². The molecule has 0 saturated heterocycles. The van der Waals surface area contributed by atoms with Crippen molar-refractivity contribution in [3.63, 3.8) is 0 Å². The summed E-state index contributed by atoms with van der Waals surface area (Å²) < 4.78 is 32.9. The summed E-state index contributed by atoms with van der Waals surface area (Å²) in [5, 5.41) is 3.03. The lowest BCUT2D eigenvalue weighted by Gasteiger charge is -2.18. The molecule has 0 aromatic heterocycles. The van der Waals surface area contributed by atoms with Crippen LogP contribution < -0.4 is 10.1 Å². The molecule has 2 aromatic rings. The molecule has 0 spiro atoms. The maximum absolute atomic E-state index is 13.7. The maximum Gasteiger partial charge on any atom is 0.165 e. The minimum absolute atomic E-state index is 0.188. The third-order valence-electron chi connectivity index (χ3n) is 3.00. The SMILES string of the molecule is COc1ccc(C(C)Nc2c(F)cccc2Br)cc1F. The Balaban J connectivity index is 2.24. The molecule has 0 aliphatic carbocycles. The van der Waals surface area contributed by atoms with Crippen molar-refractivity contribution in [3.8, 4) is 5.75 Å². The number of rotatable bonds is 4. The first-order valence-corrected chi connectivity index (χ1v) is 6.86. The van der Waals surface area contributed by atoms with Crippen LogP contribution in [0.1, 0.15) is 18.5 Å². The van der Waals surface area contributed by atoms with Gasteiger partial charge in [-0.1, -0.05) is 12.1 Å². The van der Waals surface area contributed by atoms with Crippen LogP contribution >= 0.6 is 15.9 Å². The number of anilines is 1. The van der Waals surface area contributed by atoms with Crippen molar-refractivity contribution < 1.29 is 13.5 Å². The topological polar surface area (TPSA) is 21.3 Å². The molecule has 0 radical (unpaired) electrons. The Morgan fingerprint density at radius 1 is 1.15 bits per heavy atom. The third kappa shape index (κ3) is 3.10. The highest BCUT2D eigenvalue weighted by molar-refractivity contribution is 9.10. The number of ether oxygens (including phenoxy) is 1. The van der Waals surface area contributed by atoms with E-state index in [-0.39, 0.29) is 17.6 Å². The summed E-state index contributed by atoms with van der Waals surface area (Å²) in [4.78, 5) is 0. The van der Waals surface area contributed by atoms with E-state index in [0.717, 1.165) is 0 Å². The first kappa shape index (κ1) is 14.8. The highest BCUT2D eigenvalue weighted by atomic mass is 79.9. The predicted octanol–water partition coefficient (Wildman–Crippen LogP) is 4.91. The van der Waals surface area contributed by atoms with Crippen molar-refractivity contribution in [2.45, 2.75) is 13.0 Å². The van der Waals surface area contributed by atoms with E-state index in [2.05, 4.69) is 21.2 Å². The molecule has 0 bridgehead atoms. The van der Waals surface area contributed by atoms with Gasteiger partial charge in [-0.2, -0.15) is 0 Å². The standard InChI is InChI=1S/C15H14BrF2NO/c1-9(10-6-7-14(20-2)13(18)8-10)19-15-11(16)4-3-5-12(15)17/h3-9,19H,1-2H3. The van der Waals surface area contributed by atoms with Crippen molar-refractivity contribution in [2.75, 3.05) is 12.4 Å². The van der Waals surface area contributed by atoms with E-state index in [4.69, 9.17) is 4.74 Å². The van der Waals surface area contributed by atoms with Gasteiger partial charge in [0, 0.05) is 10.5 Å². The van der Waals surface area contributed by atoms with Crippen LogP contribution in [0.25, 0.3) is 0 Å². The van der Waals surface area contributed by atoms with E-state index in [1.807, 2.05) is 6.92 Å². The van der Waals surface area contributed by atoms with Crippen LogP contribution in [-0.4, -0.2) is 7.11 Å². The summed E-state index contributed by atoms with van der Waals surface area (Å²) in [5.41, 5.74) is 1.06. The second-order valence-corrected chi connectivity index (χ2v) is 5.21. The lowest BCUT2D eigenvalue weighted by molar-refractivity contribution is 0.386. The summed E-state index contributed by atoms with van der Waals surface area (Å²) in [6.45, 7) is 1.83. The van der Waals surface area contributed by atoms with Gasteiger partial charge in [-0.15, -0.1) is 0 Å². The number of halogens is 3. The molecular formula is C15H14BrF2NO. The Kier molecular flexibility index (Phi) is 4.60. The van der Waals surface area contributed by atoms with Crippen LogP contribution in [0, 0.1) is 11.6 Å². The van der Waals surface area contributed by atoms with E-state index < -0.39 is 5.82 Å². The van der Waals surface area contributed by atoms with Gasteiger partial charge in [0.1, 0.15) is 5.82 Å². The molecule has 2 rings (SSSR count). The molecule has 2 aromatic carbocycles. The Morgan fingerprint density at radius 2 is 1.90 bits per heavy atom. The van der Waals surface area contributed by atoms with Gasteiger partial charge in [-0.25, -0.2) is 8.78 Å². The van der Waals surface area contributed by atoms with E-state index in [1.54, 1.807) is 24.3 Å². The number of nitrogens with one attached hydrogen (secondary N) is 1. The Labute approximate surface area is 124 Å². The Hall–Kier alpha value is -1.62. The molecule has 106 valence electrons. The first-order valence-electron chi connectivity index (χ1n) is 6.07. The van der Waals surface area contributed by atoms with Crippen LogP contribution in [0.3, 0.4) is 0 Å². The van der Waals surface area contributed by atoms with Gasteiger partial charge in [0.25, 0.3) is 0 Å². The fourth-order valence-corrected chi connectivity index (χ4v) is 2.34. The zero-order chi connectivity index (χ0) is 14.7. The van der Waals surface area contributed by atoms with E-state index in [1.165, 1.54) is 19.2 Å². The summed E-state index contributed by atoms with van der Waals surface area (Å²) in [6.07, 6.45) is 0. The van der Waals surface area contributed by atoms with Crippen molar-refractivity contribution >= 4 is 21.6 Å². The van der Waals surface area contributed by atoms with Crippen LogP contribution in [0.15, 0.2) is 40.9 Å². The summed E-state index contributed by atoms with van der Waals surface area (Å²) in [5.74, 6) is -0.612. The monoisotopic (exact) mass is 341 g/mol. The highest BCUT2D eigenvalue weighted by Crippen LogP contribution is 2.30. The smallest absolute Gasteiger partial charge is 0.165 e. The average molecular weight is 342 g/mol. The van der Waals surface area contributed by atoms with Gasteiger partial charge in [-0.3, -0.25) is 0 Å². The molecule has 1 atom stereocenters. The summed E-state index contributed by atoms with van der Waals surface area (Å²) >= 11 is 3.29. The molecule has 0 heterocycles. The molecule has 1 unspecified atom stereocenters. The van der Waals surface area contributed by atoms with Gasteiger partial charge in [0.05, 0.1) is 12.8 Å². The zero-order valence-electron chi connectivity index (χ0n) is 11.1. The molecule has 0 fully saturated rings. The highest BCUT2D eigenvalue weighted by Gasteiger charge is 2.13. The molecule has 0 saturated carbocycles. The zero-order valence-corrected chi connectivity index (χ0v) is 12.7. The number of methoxy groups -OCH3 is 1. The molecule has 0 amide bonds. The maximum atomic E-state index is 13.7. The summed E-state index contributed by atoms with van der Waals surface area (Å²) in [7, 11) is 1.41. The molecule has 2 nitrogen and oxygen atoms in total. The van der Waals surface area contributed by atoms with Crippen LogP contribution in [0.2, 0.25) is 0 Å². The van der Waals surface area contributed by atoms with Gasteiger partial charge < -0.3 is 10.1 Å². The lowest BCUT2D eigenvalue weighted by atomic mass is 10.1. The third-order valence-corrected chi connectivity index (χ3v) is 3.66. The Morgan fingerprint density at radius 3 is 2.50 bits per heavy atom. The minimum atomic E-state index is -0.439. The Bertz CT molecular complexity index is 599. The predicted molar refractivity (Wildman–Crippen MR) is 79.1 cm³/mol. The van der Waals surface area contributed by atoms with E-state index in [0.29, 0.717) is 15.7 Å². The fourth-order valence-electron chi connectivity index (χ4n) is 1.89. The van der Waals surface area contributed by atoms with E-state index in [9.17, 15) is 8.78 Å². The molecule has 1 N–H and O–H groups in total. The quantitative estimate of drug-likeness (QED) is 0.853. The van der Waals surface area contributed by atoms with Crippen molar-refractivity contribution in [1.82, 2.24) is 0 Å². The number of hydrogen-bond acceptors (Lipinski definition) is 2. The van der Waals surface area contributed by atoms with E-state index >= 15 is 0 Å². The molecule has 0 aliphatic heterocycles. The number of hydrogen-bond donors (Lipinski definition) is 1. The molecule has 20 heavy (non-hydrogen) atoms. The average Bonchev–Trinajstić information content (AvgIpc) is 2.42. The van der Waals surface area contributed by atoms with Crippen LogP contribution in [-0.2, 0) is 0 Å². The van der Waals surface area contributed by atoms with Gasteiger partial charge in [0.15, 0.2) is 11.6 Å². The first-order chi connectivity index (χ1) is 9.52.